The maximum atomic E-state index is 12.4. The van der Waals surface area contributed by atoms with Crippen LogP contribution < -0.4 is 10.2 Å². The fraction of sp³-hybridized carbons (Fsp3) is 0.706. The van der Waals surface area contributed by atoms with E-state index in [-0.39, 0.29) is 17.3 Å². The number of hydrogen-bond donors (Lipinski definition) is 1. The van der Waals surface area contributed by atoms with Gasteiger partial charge in [0.25, 0.3) is 0 Å². The van der Waals surface area contributed by atoms with Crippen molar-refractivity contribution in [3.63, 3.8) is 0 Å². The number of nitro groups is 1. The monoisotopic (exact) mass is 365 g/mol. The second-order valence-electron chi connectivity index (χ2n) is 7.95. The van der Waals surface area contributed by atoms with Gasteiger partial charge >= 0.3 is 11.7 Å². The predicted molar refractivity (Wildman–Crippen MR) is 98.3 cm³/mol. The van der Waals surface area contributed by atoms with Crippen LogP contribution in [-0.2, 0) is 9.53 Å². The largest absolute Gasteiger partial charge is 0.458 e. The smallest absolute Gasteiger partial charge is 0.353 e. The Morgan fingerprint density at radius 1 is 1.19 bits per heavy atom. The number of anilines is 2. The van der Waals surface area contributed by atoms with Gasteiger partial charge in [0.2, 0.25) is 11.6 Å². The molecular weight excluding hydrogens is 338 g/mol. The summed E-state index contributed by atoms with van der Waals surface area (Å²) in [5.41, 5.74) is -2.07. The molecule has 1 aromatic heterocycles. The second kappa shape index (κ2) is 7.43. The van der Waals surface area contributed by atoms with Crippen molar-refractivity contribution < 1.29 is 14.5 Å². The van der Waals surface area contributed by atoms with Crippen LogP contribution >= 0.6 is 0 Å². The molecule has 2 heterocycles. The third kappa shape index (κ3) is 4.80. The fourth-order valence-corrected chi connectivity index (χ4v) is 2.72. The Morgan fingerprint density at radius 2 is 1.81 bits per heavy atom. The number of rotatable bonds is 5. The molecule has 1 aliphatic heterocycles. The molecule has 1 aliphatic rings. The lowest BCUT2D eigenvalue weighted by Gasteiger charge is -2.30. The summed E-state index contributed by atoms with van der Waals surface area (Å²) in [7, 11) is 0. The molecule has 0 radical (unpaired) electrons. The molecule has 1 aromatic rings. The van der Waals surface area contributed by atoms with Gasteiger partial charge in [-0.1, -0.05) is 0 Å². The first kappa shape index (κ1) is 19.9. The molecule has 0 saturated carbocycles. The number of carbonyl (C=O) groups excluding carboxylic acids is 1. The average molecular weight is 365 g/mol. The number of aromatic nitrogens is 2. The molecule has 9 heteroatoms. The van der Waals surface area contributed by atoms with E-state index in [0.29, 0.717) is 13.1 Å². The molecule has 2 rings (SSSR count). The highest BCUT2D eigenvalue weighted by molar-refractivity contribution is 5.85. The SMILES string of the molecule is CC(C)(C)OC(=O)C(C)(C)Nc1ncnc(N2CCCCC2)c1[N+](=O)[O-]. The van der Waals surface area contributed by atoms with E-state index >= 15 is 0 Å². The highest BCUT2D eigenvalue weighted by atomic mass is 16.6. The molecule has 0 bridgehead atoms. The van der Waals surface area contributed by atoms with Crippen molar-refractivity contribution in [3.8, 4) is 0 Å². The van der Waals surface area contributed by atoms with E-state index in [1.165, 1.54) is 6.33 Å². The van der Waals surface area contributed by atoms with Gasteiger partial charge in [0.05, 0.1) is 4.92 Å². The highest BCUT2D eigenvalue weighted by Gasteiger charge is 2.36. The lowest BCUT2D eigenvalue weighted by molar-refractivity contribution is -0.383. The highest BCUT2D eigenvalue weighted by Crippen LogP contribution is 2.34. The van der Waals surface area contributed by atoms with Gasteiger partial charge in [0.1, 0.15) is 17.5 Å². The van der Waals surface area contributed by atoms with Crippen LogP contribution in [0.15, 0.2) is 6.33 Å². The maximum Gasteiger partial charge on any atom is 0.353 e. The Balaban J connectivity index is 2.33. The Labute approximate surface area is 153 Å². The van der Waals surface area contributed by atoms with Crippen LogP contribution in [0.5, 0.6) is 0 Å². The second-order valence-corrected chi connectivity index (χ2v) is 7.95. The minimum Gasteiger partial charge on any atom is -0.458 e. The average Bonchev–Trinajstić information content (AvgIpc) is 2.53. The van der Waals surface area contributed by atoms with Gasteiger partial charge in [-0.15, -0.1) is 0 Å². The van der Waals surface area contributed by atoms with Crippen LogP contribution in [0.25, 0.3) is 0 Å². The van der Waals surface area contributed by atoms with Crippen molar-refractivity contribution in [2.24, 2.45) is 0 Å². The summed E-state index contributed by atoms with van der Waals surface area (Å²) in [6.45, 7) is 9.94. The summed E-state index contributed by atoms with van der Waals surface area (Å²) in [5.74, 6) is -0.217. The lowest BCUT2D eigenvalue weighted by atomic mass is 10.0. The maximum absolute atomic E-state index is 12.4. The zero-order chi connectivity index (χ0) is 19.5. The third-order valence-corrected chi connectivity index (χ3v) is 3.98. The number of hydrogen-bond acceptors (Lipinski definition) is 8. The van der Waals surface area contributed by atoms with Crippen LogP contribution in [0.2, 0.25) is 0 Å². The number of ether oxygens (including phenoxy) is 1. The van der Waals surface area contributed by atoms with E-state index in [4.69, 9.17) is 4.74 Å². The van der Waals surface area contributed by atoms with Crippen LogP contribution in [-0.4, -0.2) is 45.1 Å². The van der Waals surface area contributed by atoms with Crippen molar-refractivity contribution in [1.29, 1.82) is 0 Å². The number of nitrogens with one attached hydrogen (secondary N) is 1. The Hall–Kier alpha value is -2.45. The topological polar surface area (TPSA) is 110 Å². The van der Waals surface area contributed by atoms with E-state index in [2.05, 4.69) is 15.3 Å². The molecule has 0 atom stereocenters. The molecule has 1 fully saturated rings. The lowest BCUT2D eigenvalue weighted by Crippen LogP contribution is -2.45. The summed E-state index contributed by atoms with van der Waals surface area (Å²) < 4.78 is 5.40. The Morgan fingerprint density at radius 3 is 2.35 bits per heavy atom. The van der Waals surface area contributed by atoms with Gasteiger partial charge < -0.3 is 15.0 Å². The van der Waals surface area contributed by atoms with Gasteiger partial charge in [-0.2, -0.15) is 0 Å². The molecule has 0 unspecified atom stereocenters. The first-order valence-corrected chi connectivity index (χ1v) is 8.77. The van der Waals surface area contributed by atoms with Gasteiger partial charge in [-0.05, 0) is 53.9 Å². The molecule has 9 nitrogen and oxygen atoms in total. The molecule has 0 spiro atoms. The molecular formula is C17H27N5O4. The molecule has 0 aliphatic carbocycles. The number of nitrogens with zero attached hydrogens (tertiary/aromatic N) is 4. The fourth-order valence-electron chi connectivity index (χ4n) is 2.72. The predicted octanol–water partition coefficient (Wildman–Crippen LogP) is 2.91. The Bertz CT molecular complexity index is 678. The summed E-state index contributed by atoms with van der Waals surface area (Å²) >= 11 is 0. The molecule has 1 N–H and O–H groups in total. The minimum absolute atomic E-state index is 0.0152. The number of piperidine rings is 1. The number of esters is 1. The summed E-state index contributed by atoms with van der Waals surface area (Å²) in [4.78, 5) is 33.7. The van der Waals surface area contributed by atoms with E-state index in [1.54, 1.807) is 34.6 Å². The van der Waals surface area contributed by atoms with Crippen molar-refractivity contribution >= 4 is 23.3 Å². The summed E-state index contributed by atoms with van der Waals surface area (Å²) in [6.07, 6.45) is 4.32. The van der Waals surface area contributed by atoms with E-state index in [1.807, 2.05) is 4.90 Å². The van der Waals surface area contributed by atoms with Crippen LogP contribution in [0.3, 0.4) is 0 Å². The summed E-state index contributed by atoms with van der Waals surface area (Å²) in [6, 6.07) is 0. The van der Waals surface area contributed by atoms with Gasteiger partial charge in [-0.3, -0.25) is 10.1 Å². The van der Waals surface area contributed by atoms with Gasteiger partial charge in [0.15, 0.2) is 0 Å². The van der Waals surface area contributed by atoms with Gasteiger partial charge in [-0.25, -0.2) is 14.8 Å². The van der Waals surface area contributed by atoms with Crippen LogP contribution in [0.4, 0.5) is 17.3 Å². The van der Waals surface area contributed by atoms with Crippen molar-refractivity contribution in [1.82, 2.24) is 9.97 Å². The van der Waals surface area contributed by atoms with Crippen LogP contribution in [0.1, 0.15) is 53.9 Å². The first-order chi connectivity index (χ1) is 12.0. The van der Waals surface area contributed by atoms with Crippen molar-refractivity contribution in [3.05, 3.63) is 16.4 Å². The molecule has 1 saturated heterocycles. The van der Waals surface area contributed by atoms with E-state index < -0.39 is 22.0 Å². The van der Waals surface area contributed by atoms with Gasteiger partial charge in [0, 0.05) is 13.1 Å². The normalized spacial score (nSPS) is 15.5. The van der Waals surface area contributed by atoms with Crippen molar-refractivity contribution in [2.75, 3.05) is 23.3 Å². The first-order valence-electron chi connectivity index (χ1n) is 8.77. The molecule has 144 valence electrons. The standard InChI is InChI=1S/C17H27N5O4/c1-16(2,3)26-15(23)17(4,5)20-13-12(22(24)25)14(19-11-18-13)21-9-7-6-8-10-21/h11H,6-10H2,1-5H3,(H,18,19,20). The van der Waals surface area contributed by atoms with Crippen LogP contribution in [0, 0.1) is 10.1 Å². The molecule has 0 amide bonds. The quantitative estimate of drug-likeness (QED) is 0.482. The molecule has 26 heavy (non-hydrogen) atoms. The zero-order valence-corrected chi connectivity index (χ0v) is 16.0. The zero-order valence-electron chi connectivity index (χ0n) is 16.0. The van der Waals surface area contributed by atoms with E-state index in [9.17, 15) is 14.9 Å². The molecule has 0 aromatic carbocycles. The van der Waals surface area contributed by atoms with Crippen molar-refractivity contribution in [2.45, 2.75) is 65.0 Å². The van der Waals surface area contributed by atoms with E-state index in [0.717, 1.165) is 19.3 Å². The minimum atomic E-state index is -1.19. The Kier molecular flexibility index (Phi) is 5.68. The summed E-state index contributed by atoms with van der Waals surface area (Å²) in [5, 5.41) is 14.6. The third-order valence-electron chi connectivity index (χ3n) is 3.98. The number of carbonyl (C=O) groups is 1.